The van der Waals surface area contributed by atoms with Crippen LogP contribution in [-0.4, -0.2) is 30.2 Å². The summed E-state index contributed by atoms with van der Waals surface area (Å²) in [5.74, 6) is 0.136. The number of anilines is 1. The fraction of sp³-hybridized carbons (Fsp3) is 0.333. The van der Waals surface area contributed by atoms with Crippen LogP contribution >= 0.6 is 23.1 Å². The summed E-state index contributed by atoms with van der Waals surface area (Å²) in [5.41, 5.74) is 1.99. The maximum atomic E-state index is 12.1. The van der Waals surface area contributed by atoms with Crippen LogP contribution in [0.1, 0.15) is 6.42 Å². The minimum atomic E-state index is 0.0678. The summed E-state index contributed by atoms with van der Waals surface area (Å²) in [7, 11) is 0. The first-order valence-electron chi connectivity index (χ1n) is 6.88. The van der Waals surface area contributed by atoms with Crippen LogP contribution in [0.15, 0.2) is 34.5 Å². The van der Waals surface area contributed by atoms with Gasteiger partial charge in [-0.1, -0.05) is 12.1 Å². The van der Waals surface area contributed by atoms with Crippen LogP contribution in [0.2, 0.25) is 0 Å². The number of hydrogen-bond acceptors (Lipinski definition) is 5. The number of aromatic nitrogens is 1. The Bertz CT molecular complexity index is 618. The predicted octanol–water partition coefficient (Wildman–Crippen LogP) is 3.08. The molecule has 0 aliphatic carbocycles. The van der Waals surface area contributed by atoms with Gasteiger partial charge in [0.15, 0.2) is 5.13 Å². The van der Waals surface area contributed by atoms with Crippen LogP contribution in [0.25, 0.3) is 11.3 Å². The van der Waals surface area contributed by atoms with Crippen molar-refractivity contribution in [1.29, 1.82) is 0 Å². The Kier molecular flexibility index (Phi) is 4.57. The molecule has 0 radical (unpaired) electrons. The summed E-state index contributed by atoms with van der Waals surface area (Å²) in [6, 6.07) is 8.30. The second-order valence-electron chi connectivity index (χ2n) is 4.95. The normalized spacial score (nSPS) is 17.9. The highest BCUT2D eigenvalue weighted by Crippen LogP contribution is 2.27. The van der Waals surface area contributed by atoms with Crippen molar-refractivity contribution in [2.45, 2.75) is 11.3 Å². The van der Waals surface area contributed by atoms with E-state index in [1.54, 1.807) is 11.8 Å². The van der Waals surface area contributed by atoms with Crippen molar-refractivity contribution in [3.05, 3.63) is 29.6 Å². The van der Waals surface area contributed by atoms with Crippen LogP contribution < -0.4 is 10.6 Å². The van der Waals surface area contributed by atoms with Gasteiger partial charge in [-0.15, -0.1) is 23.1 Å². The Morgan fingerprint density at radius 1 is 1.43 bits per heavy atom. The Morgan fingerprint density at radius 3 is 2.90 bits per heavy atom. The lowest BCUT2D eigenvalue weighted by Gasteiger charge is -2.06. The van der Waals surface area contributed by atoms with Gasteiger partial charge in [-0.2, -0.15) is 0 Å². The van der Waals surface area contributed by atoms with Gasteiger partial charge < -0.3 is 10.6 Å². The highest BCUT2D eigenvalue weighted by molar-refractivity contribution is 7.98. The molecule has 2 heterocycles. The van der Waals surface area contributed by atoms with Crippen molar-refractivity contribution in [1.82, 2.24) is 10.3 Å². The van der Waals surface area contributed by atoms with Gasteiger partial charge in [-0.25, -0.2) is 4.98 Å². The summed E-state index contributed by atoms with van der Waals surface area (Å²) < 4.78 is 0. The lowest BCUT2D eigenvalue weighted by atomic mass is 10.1. The third-order valence-corrected chi connectivity index (χ3v) is 5.05. The second-order valence-corrected chi connectivity index (χ2v) is 6.68. The lowest BCUT2D eigenvalue weighted by molar-refractivity contribution is -0.119. The molecule has 3 rings (SSSR count). The summed E-state index contributed by atoms with van der Waals surface area (Å²) >= 11 is 3.19. The Morgan fingerprint density at radius 2 is 2.24 bits per heavy atom. The maximum absolute atomic E-state index is 12.1. The van der Waals surface area contributed by atoms with Crippen molar-refractivity contribution < 1.29 is 4.79 Å². The molecule has 0 bridgehead atoms. The second kappa shape index (κ2) is 6.60. The smallest absolute Gasteiger partial charge is 0.230 e. The first kappa shape index (κ1) is 14.6. The van der Waals surface area contributed by atoms with E-state index in [9.17, 15) is 4.79 Å². The third-order valence-electron chi connectivity index (χ3n) is 3.55. The van der Waals surface area contributed by atoms with Crippen molar-refractivity contribution in [2.24, 2.45) is 5.92 Å². The number of nitrogens with zero attached hydrogens (tertiary/aromatic N) is 1. The number of thiazole rings is 1. The van der Waals surface area contributed by atoms with Crippen LogP contribution in [0.4, 0.5) is 5.13 Å². The van der Waals surface area contributed by atoms with Crippen LogP contribution in [0, 0.1) is 5.92 Å². The molecule has 0 saturated carbocycles. The molecule has 1 amide bonds. The zero-order valence-corrected chi connectivity index (χ0v) is 13.4. The summed E-state index contributed by atoms with van der Waals surface area (Å²) in [5, 5.41) is 8.78. The summed E-state index contributed by atoms with van der Waals surface area (Å²) in [6.07, 6.45) is 2.96. The molecule has 4 nitrogen and oxygen atoms in total. The molecule has 1 aliphatic heterocycles. The number of nitrogens with one attached hydrogen (secondary N) is 2. The molecule has 110 valence electrons. The molecule has 6 heteroatoms. The van der Waals surface area contributed by atoms with Crippen LogP contribution in [0.3, 0.4) is 0 Å². The zero-order chi connectivity index (χ0) is 14.7. The van der Waals surface area contributed by atoms with Gasteiger partial charge in [0.25, 0.3) is 0 Å². The largest absolute Gasteiger partial charge is 0.316 e. The Hall–Kier alpha value is -1.37. The average molecular weight is 319 g/mol. The molecule has 1 atom stereocenters. The van der Waals surface area contributed by atoms with E-state index in [-0.39, 0.29) is 11.8 Å². The minimum Gasteiger partial charge on any atom is -0.316 e. The minimum absolute atomic E-state index is 0.0678. The molecule has 2 N–H and O–H groups in total. The van der Waals surface area contributed by atoms with Crippen LogP contribution in [-0.2, 0) is 4.79 Å². The van der Waals surface area contributed by atoms with Gasteiger partial charge in [0.1, 0.15) is 0 Å². The Balaban J connectivity index is 1.68. The highest BCUT2D eigenvalue weighted by Gasteiger charge is 2.23. The molecule has 1 saturated heterocycles. The van der Waals surface area contributed by atoms with Crippen molar-refractivity contribution in [3.63, 3.8) is 0 Å². The number of amides is 1. The standard InChI is InChI=1S/C15H17N3OS2/c1-20-12-4-2-10(3-5-12)13-9-21-15(17-13)18-14(19)11-6-7-16-8-11/h2-5,9,11,16H,6-8H2,1H3,(H,17,18,19)/t11-/m1/s1. The van der Waals surface area contributed by atoms with E-state index in [1.807, 2.05) is 5.38 Å². The molecule has 0 unspecified atom stereocenters. The molecule has 21 heavy (non-hydrogen) atoms. The number of rotatable bonds is 4. The fourth-order valence-corrected chi connectivity index (χ4v) is 3.44. The lowest BCUT2D eigenvalue weighted by Crippen LogP contribution is -2.24. The van der Waals surface area contributed by atoms with Crippen molar-refractivity contribution in [3.8, 4) is 11.3 Å². The summed E-state index contributed by atoms with van der Waals surface area (Å²) in [4.78, 5) is 17.8. The monoisotopic (exact) mass is 319 g/mol. The van der Waals surface area contributed by atoms with Gasteiger partial charge in [-0.3, -0.25) is 4.79 Å². The first-order chi connectivity index (χ1) is 10.3. The predicted molar refractivity (Wildman–Crippen MR) is 88.9 cm³/mol. The molecule has 2 aromatic rings. The van der Waals surface area contributed by atoms with Crippen LogP contribution in [0.5, 0.6) is 0 Å². The van der Waals surface area contributed by atoms with E-state index in [1.165, 1.54) is 16.2 Å². The Labute approximate surface area is 132 Å². The van der Waals surface area contributed by atoms with E-state index < -0.39 is 0 Å². The van der Waals surface area contributed by atoms with Gasteiger partial charge in [0.2, 0.25) is 5.91 Å². The number of thioether (sulfide) groups is 1. The van der Waals surface area contributed by atoms with E-state index in [0.29, 0.717) is 5.13 Å². The fourth-order valence-electron chi connectivity index (χ4n) is 2.31. The first-order valence-corrected chi connectivity index (χ1v) is 8.98. The number of carbonyl (C=O) groups excluding carboxylic acids is 1. The number of benzene rings is 1. The molecule has 1 fully saturated rings. The maximum Gasteiger partial charge on any atom is 0.230 e. The topological polar surface area (TPSA) is 54.0 Å². The third kappa shape index (κ3) is 3.45. The van der Waals surface area contributed by atoms with Gasteiger partial charge >= 0.3 is 0 Å². The molecular weight excluding hydrogens is 302 g/mol. The van der Waals surface area contributed by atoms with E-state index in [4.69, 9.17) is 0 Å². The average Bonchev–Trinajstić information content (AvgIpc) is 3.19. The SMILES string of the molecule is CSc1ccc(-c2csc(NC(=O)[C@@H]3CCNC3)n2)cc1. The quantitative estimate of drug-likeness (QED) is 0.850. The van der Waals surface area contributed by atoms with E-state index >= 15 is 0 Å². The summed E-state index contributed by atoms with van der Waals surface area (Å²) in [6.45, 7) is 1.68. The van der Waals surface area contributed by atoms with Gasteiger partial charge in [0.05, 0.1) is 11.6 Å². The molecule has 1 aromatic heterocycles. The van der Waals surface area contributed by atoms with E-state index in [2.05, 4.69) is 46.1 Å². The van der Waals surface area contributed by atoms with Gasteiger partial charge in [-0.05, 0) is 31.4 Å². The highest BCUT2D eigenvalue weighted by atomic mass is 32.2. The zero-order valence-electron chi connectivity index (χ0n) is 11.8. The number of carbonyl (C=O) groups is 1. The molecular formula is C15H17N3OS2. The molecule has 1 aliphatic rings. The van der Waals surface area contributed by atoms with Crippen molar-refractivity contribution in [2.75, 3.05) is 24.7 Å². The van der Waals surface area contributed by atoms with E-state index in [0.717, 1.165) is 30.8 Å². The molecule has 1 aromatic carbocycles. The molecule has 0 spiro atoms. The van der Waals surface area contributed by atoms with Crippen molar-refractivity contribution >= 4 is 34.1 Å². The number of hydrogen-bond donors (Lipinski definition) is 2. The van der Waals surface area contributed by atoms with Gasteiger partial charge in [0, 0.05) is 22.4 Å².